The van der Waals surface area contributed by atoms with Crippen LogP contribution in [0.1, 0.15) is 13.8 Å². The highest BCUT2D eigenvalue weighted by Gasteiger charge is 2.73. The fourth-order valence-electron chi connectivity index (χ4n) is 4.77. The van der Waals surface area contributed by atoms with Gasteiger partial charge in [-0.15, -0.1) is 0 Å². The Kier molecular flexibility index (Phi) is 1.88. The van der Waals surface area contributed by atoms with Gasteiger partial charge in [0.15, 0.2) is 0 Å². The van der Waals surface area contributed by atoms with Crippen LogP contribution in [-0.4, -0.2) is 23.9 Å². The average molecular weight is 276 g/mol. The summed E-state index contributed by atoms with van der Waals surface area (Å²) in [7, 11) is 0. The molecule has 5 aliphatic rings. The van der Waals surface area contributed by atoms with Gasteiger partial charge in [-0.05, 0) is 6.92 Å². The van der Waals surface area contributed by atoms with Crippen molar-refractivity contribution in [2.45, 2.75) is 13.8 Å². The van der Waals surface area contributed by atoms with E-state index in [2.05, 4.69) is 0 Å². The minimum Gasteiger partial charge on any atom is -0.393 e. The van der Waals surface area contributed by atoms with Crippen molar-refractivity contribution in [2.75, 3.05) is 0 Å². The van der Waals surface area contributed by atoms with Gasteiger partial charge in [0, 0.05) is 11.3 Å². The molecule has 6 atom stereocenters. The number of hydrogen-bond donors (Lipinski definition) is 0. The smallest absolute Gasteiger partial charge is 0.318 e. The Morgan fingerprint density at radius 2 is 1.30 bits per heavy atom. The Labute approximate surface area is 114 Å². The van der Waals surface area contributed by atoms with Gasteiger partial charge >= 0.3 is 23.9 Å². The monoisotopic (exact) mass is 276 g/mol. The van der Waals surface area contributed by atoms with Gasteiger partial charge in [-0.25, -0.2) is 0 Å². The van der Waals surface area contributed by atoms with Crippen LogP contribution < -0.4 is 0 Å². The van der Waals surface area contributed by atoms with Crippen molar-refractivity contribution < 1.29 is 28.7 Å². The minimum absolute atomic E-state index is 0.468. The highest BCUT2D eigenvalue weighted by Crippen LogP contribution is 2.64. The Morgan fingerprint density at radius 3 is 1.75 bits per heavy atom. The molecule has 0 radical (unpaired) electrons. The molecule has 0 aromatic rings. The van der Waals surface area contributed by atoms with Crippen LogP contribution in [0.25, 0.3) is 0 Å². The predicted octanol–water partition coefficient (Wildman–Crippen LogP) is 0.214. The molecule has 0 aromatic heterocycles. The molecule has 3 fully saturated rings. The maximum atomic E-state index is 12.0. The fourth-order valence-corrected chi connectivity index (χ4v) is 4.77. The largest absolute Gasteiger partial charge is 0.393 e. The van der Waals surface area contributed by atoms with Crippen molar-refractivity contribution in [2.24, 2.45) is 35.0 Å². The van der Waals surface area contributed by atoms with Gasteiger partial charge in [0.05, 0.1) is 23.7 Å². The third-order valence-corrected chi connectivity index (χ3v) is 5.35. The van der Waals surface area contributed by atoms with E-state index in [1.165, 1.54) is 0 Å². The zero-order valence-corrected chi connectivity index (χ0v) is 10.9. The number of ether oxygens (including phenoxy) is 2. The van der Waals surface area contributed by atoms with E-state index >= 15 is 0 Å². The second kappa shape index (κ2) is 3.19. The fraction of sp³-hybridized carbons (Fsp3) is 0.571. The molecule has 2 saturated heterocycles. The predicted molar refractivity (Wildman–Crippen MR) is 61.5 cm³/mol. The lowest BCUT2D eigenvalue weighted by Gasteiger charge is -2.51. The van der Waals surface area contributed by atoms with Crippen LogP contribution in [0.2, 0.25) is 0 Å². The van der Waals surface area contributed by atoms with Gasteiger partial charge in [0.2, 0.25) is 0 Å². The van der Waals surface area contributed by atoms with Crippen molar-refractivity contribution in [3.8, 4) is 0 Å². The van der Waals surface area contributed by atoms with E-state index in [9.17, 15) is 19.2 Å². The van der Waals surface area contributed by atoms with Gasteiger partial charge in [-0.2, -0.15) is 0 Å². The van der Waals surface area contributed by atoms with Crippen molar-refractivity contribution in [1.82, 2.24) is 0 Å². The van der Waals surface area contributed by atoms with E-state index < -0.39 is 58.9 Å². The number of hydrogen-bond acceptors (Lipinski definition) is 6. The number of allylic oxidation sites excluding steroid dienone is 2. The van der Waals surface area contributed by atoms with Gasteiger partial charge < -0.3 is 9.47 Å². The lowest BCUT2D eigenvalue weighted by atomic mass is 9.46. The first-order valence-corrected chi connectivity index (χ1v) is 6.56. The van der Waals surface area contributed by atoms with E-state index in [1.54, 1.807) is 6.92 Å². The zero-order valence-electron chi connectivity index (χ0n) is 10.9. The molecule has 0 aromatic carbocycles. The van der Waals surface area contributed by atoms with E-state index in [0.29, 0.717) is 0 Å². The number of carbonyl (C=O) groups excluding carboxylic acids is 4. The van der Waals surface area contributed by atoms with Gasteiger partial charge in [0.25, 0.3) is 0 Å². The van der Waals surface area contributed by atoms with Crippen LogP contribution in [-0.2, 0) is 28.7 Å². The summed E-state index contributed by atoms with van der Waals surface area (Å²) in [6.07, 6.45) is 1.85. The van der Waals surface area contributed by atoms with E-state index in [4.69, 9.17) is 9.47 Å². The van der Waals surface area contributed by atoms with Crippen molar-refractivity contribution in [1.29, 1.82) is 0 Å². The first kappa shape index (κ1) is 11.8. The summed E-state index contributed by atoms with van der Waals surface area (Å²) in [5, 5.41) is 0. The topological polar surface area (TPSA) is 86.7 Å². The maximum Gasteiger partial charge on any atom is 0.318 e. The molecule has 2 aliphatic heterocycles. The highest BCUT2D eigenvalue weighted by atomic mass is 16.6. The van der Waals surface area contributed by atoms with Gasteiger partial charge in [0.1, 0.15) is 0 Å². The second-order valence-corrected chi connectivity index (χ2v) is 6.27. The molecular weight excluding hydrogens is 264 g/mol. The highest BCUT2D eigenvalue weighted by molar-refractivity contribution is 6.03. The third-order valence-electron chi connectivity index (χ3n) is 5.35. The van der Waals surface area contributed by atoms with Crippen LogP contribution in [0.5, 0.6) is 0 Å². The van der Waals surface area contributed by atoms with E-state index in [-0.39, 0.29) is 0 Å². The second-order valence-electron chi connectivity index (χ2n) is 6.27. The Morgan fingerprint density at radius 1 is 0.850 bits per heavy atom. The quantitative estimate of drug-likeness (QED) is 0.357. The summed E-state index contributed by atoms with van der Waals surface area (Å²) in [4.78, 5) is 47.9. The number of esters is 4. The lowest BCUT2D eigenvalue weighted by Crippen LogP contribution is -2.57. The normalized spacial score (nSPS) is 48.7. The molecular formula is C14H12O6. The minimum atomic E-state index is -0.888. The molecule has 2 unspecified atom stereocenters. The first-order chi connectivity index (χ1) is 9.36. The lowest BCUT2D eigenvalue weighted by molar-refractivity contribution is -0.154. The molecule has 6 heteroatoms. The molecule has 3 aliphatic carbocycles. The van der Waals surface area contributed by atoms with Crippen molar-refractivity contribution >= 4 is 23.9 Å². The maximum absolute atomic E-state index is 12.0. The first-order valence-electron chi connectivity index (χ1n) is 6.56. The summed E-state index contributed by atoms with van der Waals surface area (Å²) in [5.41, 5.74) is -0.0333. The molecule has 0 spiro atoms. The molecule has 104 valence electrons. The van der Waals surface area contributed by atoms with Crippen LogP contribution in [0.3, 0.4) is 0 Å². The summed E-state index contributed by atoms with van der Waals surface area (Å²) < 4.78 is 9.53. The van der Waals surface area contributed by atoms with E-state index in [0.717, 1.165) is 5.57 Å². The average Bonchev–Trinajstić information content (AvgIpc) is 2.80. The van der Waals surface area contributed by atoms with Crippen LogP contribution in [0, 0.1) is 35.0 Å². The Hall–Kier alpha value is -1.98. The molecule has 5 rings (SSSR count). The van der Waals surface area contributed by atoms with Crippen LogP contribution in [0.15, 0.2) is 11.6 Å². The number of cyclic esters (lactones) is 4. The summed E-state index contributed by atoms with van der Waals surface area (Å²) in [6.45, 7) is 3.56. The van der Waals surface area contributed by atoms with Crippen LogP contribution >= 0.6 is 0 Å². The Balaban J connectivity index is 1.98. The molecule has 0 N–H and O–H groups in total. The molecule has 2 heterocycles. The third kappa shape index (κ3) is 1.04. The standard InChI is InChI=1S/C14H12O6/c1-4-3-14(2)8-6(10(15)19-12(8)17)5(4)7-9(14)13(18)20-11(7)16/h3,5-9H,1-2H3/t5?,6-,7+,8-,9+,14?. The zero-order chi connectivity index (χ0) is 14.4. The van der Waals surface area contributed by atoms with Gasteiger partial charge in [-0.3, -0.25) is 19.2 Å². The molecule has 2 bridgehead atoms. The Bertz CT molecular complexity index is 588. The SMILES string of the molecule is CC1=CC2(C)[C@@H]3C(=O)OC(=O)[C@H]3C1[C@H]1C(=O)OC(=O)[C@@H]12. The molecule has 6 nitrogen and oxygen atoms in total. The summed E-state index contributed by atoms with van der Waals surface area (Å²) in [5.74, 6) is -5.56. The van der Waals surface area contributed by atoms with E-state index in [1.807, 2.05) is 13.0 Å². The number of rotatable bonds is 0. The van der Waals surface area contributed by atoms with Crippen LogP contribution in [0.4, 0.5) is 0 Å². The molecule has 1 saturated carbocycles. The molecule has 0 amide bonds. The number of carbonyl (C=O) groups is 4. The molecule has 20 heavy (non-hydrogen) atoms. The summed E-state index contributed by atoms with van der Waals surface area (Å²) in [6, 6.07) is 0. The summed E-state index contributed by atoms with van der Waals surface area (Å²) >= 11 is 0. The van der Waals surface area contributed by atoms with Gasteiger partial charge in [-0.1, -0.05) is 18.6 Å². The van der Waals surface area contributed by atoms with Crippen molar-refractivity contribution in [3.63, 3.8) is 0 Å². The van der Waals surface area contributed by atoms with Crippen molar-refractivity contribution in [3.05, 3.63) is 11.6 Å².